The van der Waals surface area contributed by atoms with E-state index in [-0.39, 0.29) is 11.5 Å². The minimum Gasteiger partial charge on any atom is -0.409 e. The molecule has 0 aromatic heterocycles. The van der Waals surface area contributed by atoms with Crippen molar-refractivity contribution in [2.75, 3.05) is 18.8 Å². The van der Waals surface area contributed by atoms with Gasteiger partial charge in [-0.1, -0.05) is 17.3 Å². The van der Waals surface area contributed by atoms with E-state index in [2.05, 4.69) is 9.88 Å². The first kappa shape index (κ1) is 14.3. The molecule has 4 N–H and O–H groups in total. The molecule has 0 unspecified atom stereocenters. The maximum absolute atomic E-state index is 11.7. The molecule has 100 valence electrons. The van der Waals surface area contributed by atoms with Gasteiger partial charge in [0, 0.05) is 19.7 Å². The molecule has 0 saturated heterocycles. The first-order valence-electron chi connectivity index (χ1n) is 5.07. The molecule has 1 aromatic rings. The van der Waals surface area contributed by atoms with Gasteiger partial charge in [-0.05, 0) is 18.6 Å². The molecule has 0 spiro atoms. The van der Waals surface area contributed by atoms with Crippen LogP contribution in [-0.4, -0.2) is 37.9 Å². The molecule has 0 radical (unpaired) electrons. The lowest BCUT2D eigenvalue weighted by atomic mass is 10.1. The zero-order chi connectivity index (χ0) is 13.9. The van der Waals surface area contributed by atoms with E-state index in [1.807, 2.05) is 0 Å². The molecule has 0 amide bonds. The van der Waals surface area contributed by atoms with E-state index >= 15 is 0 Å². The van der Waals surface area contributed by atoms with Crippen LogP contribution in [0.3, 0.4) is 0 Å². The SMILES string of the molecule is Cc1cccc(NS(=O)(=O)N(C)C)c1/C(N)=N/O. The van der Waals surface area contributed by atoms with Gasteiger partial charge in [-0.2, -0.15) is 12.7 Å². The zero-order valence-electron chi connectivity index (χ0n) is 10.4. The van der Waals surface area contributed by atoms with Gasteiger partial charge < -0.3 is 10.9 Å². The Labute approximate surface area is 106 Å². The van der Waals surface area contributed by atoms with Crippen molar-refractivity contribution in [2.24, 2.45) is 10.9 Å². The minimum atomic E-state index is -3.64. The lowest BCUT2D eigenvalue weighted by molar-refractivity contribution is 0.318. The minimum absolute atomic E-state index is 0.149. The maximum atomic E-state index is 11.7. The lowest BCUT2D eigenvalue weighted by Gasteiger charge is -2.16. The van der Waals surface area contributed by atoms with Crippen molar-refractivity contribution in [2.45, 2.75) is 6.92 Å². The largest absolute Gasteiger partial charge is 0.409 e. The molecule has 1 aromatic carbocycles. The van der Waals surface area contributed by atoms with Gasteiger partial charge in [0.15, 0.2) is 5.84 Å². The Kier molecular flexibility index (Phi) is 4.15. The summed E-state index contributed by atoms with van der Waals surface area (Å²) in [5, 5.41) is 11.6. The Bertz CT molecular complexity index is 566. The van der Waals surface area contributed by atoms with Crippen LogP contribution >= 0.6 is 0 Å². The Balaban J connectivity index is 3.31. The summed E-state index contributed by atoms with van der Waals surface area (Å²) in [6, 6.07) is 4.96. The quantitative estimate of drug-likeness (QED) is 0.317. The summed E-state index contributed by atoms with van der Waals surface area (Å²) in [6.07, 6.45) is 0. The maximum Gasteiger partial charge on any atom is 0.301 e. The third-order valence-corrected chi connectivity index (χ3v) is 3.80. The van der Waals surface area contributed by atoms with Gasteiger partial charge in [0.1, 0.15) is 0 Å². The Morgan fingerprint density at radius 1 is 1.44 bits per heavy atom. The van der Waals surface area contributed by atoms with E-state index in [1.54, 1.807) is 25.1 Å². The molecule has 0 aliphatic heterocycles. The molecule has 1 rings (SSSR count). The molecule has 7 nitrogen and oxygen atoms in total. The fourth-order valence-electron chi connectivity index (χ4n) is 1.37. The summed E-state index contributed by atoms with van der Waals surface area (Å²) in [5.41, 5.74) is 6.86. The van der Waals surface area contributed by atoms with Gasteiger partial charge in [0.25, 0.3) is 0 Å². The molecule has 0 heterocycles. The molecular weight excluding hydrogens is 256 g/mol. The van der Waals surface area contributed by atoms with Crippen molar-refractivity contribution in [1.29, 1.82) is 0 Å². The number of rotatable bonds is 4. The third-order valence-electron chi connectivity index (χ3n) is 2.36. The number of amidine groups is 1. The average molecular weight is 272 g/mol. The highest BCUT2D eigenvalue weighted by molar-refractivity contribution is 7.90. The highest BCUT2D eigenvalue weighted by Gasteiger charge is 2.17. The van der Waals surface area contributed by atoms with Crippen LogP contribution in [0.2, 0.25) is 0 Å². The number of nitrogens with zero attached hydrogens (tertiary/aromatic N) is 2. The van der Waals surface area contributed by atoms with E-state index < -0.39 is 10.2 Å². The van der Waals surface area contributed by atoms with Crippen LogP contribution in [0.25, 0.3) is 0 Å². The molecule has 0 fully saturated rings. The van der Waals surface area contributed by atoms with Crippen LogP contribution in [-0.2, 0) is 10.2 Å². The summed E-state index contributed by atoms with van der Waals surface area (Å²) in [5.74, 6) is -0.149. The molecule has 0 saturated carbocycles. The lowest BCUT2D eigenvalue weighted by Crippen LogP contribution is -2.30. The second kappa shape index (κ2) is 5.23. The molecule has 0 atom stereocenters. The van der Waals surface area contributed by atoms with E-state index in [1.165, 1.54) is 14.1 Å². The number of hydrogen-bond acceptors (Lipinski definition) is 4. The summed E-state index contributed by atoms with van der Waals surface area (Å²) in [6.45, 7) is 1.74. The smallest absolute Gasteiger partial charge is 0.301 e. The number of hydrogen-bond donors (Lipinski definition) is 3. The predicted molar refractivity (Wildman–Crippen MR) is 69.9 cm³/mol. The van der Waals surface area contributed by atoms with Crippen molar-refractivity contribution in [3.63, 3.8) is 0 Å². The van der Waals surface area contributed by atoms with Crippen molar-refractivity contribution < 1.29 is 13.6 Å². The molecule has 18 heavy (non-hydrogen) atoms. The van der Waals surface area contributed by atoms with E-state index in [4.69, 9.17) is 10.9 Å². The average Bonchev–Trinajstić information content (AvgIpc) is 2.27. The third kappa shape index (κ3) is 2.90. The molecule has 0 bridgehead atoms. The zero-order valence-corrected chi connectivity index (χ0v) is 11.2. The van der Waals surface area contributed by atoms with Crippen LogP contribution in [0.5, 0.6) is 0 Å². The first-order valence-corrected chi connectivity index (χ1v) is 6.51. The van der Waals surface area contributed by atoms with Gasteiger partial charge in [-0.3, -0.25) is 4.72 Å². The molecule has 8 heteroatoms. The van der Waals surface area contributed by atoms with Crippen LogP contribution in [0, 0.1) is 6.92 Å². The number of nitrogens with two attached hydrogens (primary N) is 1. The van der Waals surface area contributed by atoms with Gasteiger partial charge in [0.2, 0.25) is 0 Å². The summed E-state index contributed by atoms with van der Waals surface area (Å²) in [7, 11) is -0.833. The van der Waals surface area contributed by atoms with Crippen molar-refractivity contribution in [1.82, 2.24) is 4.31 Å². The topological polar surface area (TPSA) is 108 Å². The Morgan fingerprint density at radius 3 is 2.56 bits per heavy atom. The highest BCUT2D eigenvalue weighted by atomic mass is 32.2. The van der Waals surface area contributed by atoms with Crippen molar-refractivity contribution in [3.8, 4) is 0 Å². The normalized spacial score (nSPS) is 12.8. The summed E-state index contributed by atoms with van der Waals surface area (Å²) in [4.78, 5) is 0. The second-order valence-electron chi connectivity index (χ2n) is 3.87. The number of nitrogens with one attached hydrogen (secondary N) is 1. The highest BCUT2D eigenvalue weighted by Crippen LogP contribution is 2.20. The number of anilines is 1. The first-order chi connectivity index (χ1) is 8.29. The van der Waals surface area contributed by atoms with E-state index in [9.17, 15) is 8.42 Å². The molecular formula is C10H16N4O3S. The van der Waals surface area contributed by atoms with Crippen LogP contribution in [0.4, 0.5) is 5.69 Å². The fourth-order valence-corrected chi connectivity index (χ4v) is 2.00. The van der Waals surface area contributed by atoms with E-state index in [0.717, 1.165) is 4.31 Å². The summed E-state index contributed by atoms with van der Waals surface area (Å²) >= 11 is 0. The Morgan fingerprint density at radius 2 is 2.06 bits per heavy atom. The monoisotopic (exact) mass is 272 g/mol. The molecule has 0 aliphatic rings. The van der Waals surface area contributed by atoms with Gasteiger partial charge in [0.05, 0.1) is 5.69 Å². The standard InChI is InChI=1S/C10H16N4O3S/c1-7-5-4-6-8(9(7)10(11)12-15)13-18(16,17)14(2)3/h4-6,13,15H,1-3H3,(H2,11,12). The number of aryl methyl sites for hydroxylation is 1. The second-order valence-corrected chi connectivity index (χ2v) is 5.76. The number of oxime groups is 1. The molecule has 0 aliphatic carbocycles. The van der Waals surface area contributed by atoms with Crippen molar-refractivity contribution >= 4 is 21.7 Å². The van der Waals surface area contributed by atoms with Crippen LogP contribution < -0.4 is 10.5 Å². The van der Waals surface area contributed by atoms with E-state index in [0.29, 0.717) is 11.1 Å². The summed E-state index contributed by atoms with van der Waals surface area (Å²) < 4.78 is 26.9. The fraction of sp³-hybridized carbons (Fsp3) is 0.300. The van der Waals surface area contributed by atoms with Gasteiger partial charge >= 0.3 is 10.2 Å². The van der Waals surface area contributed by atoms with Gasteiger partial charge in [-0.15, -0.1) is 0 Å². The van der Waals surface area contributed by atoms with Gasteiger partial charge in [-0.25, -0.2) is 0 Å². The van der Waals surface area contributed by atoms with Crippen LogP contribution in [0.1, 0.15) is 11.1 Å². The van der Waals surface area contributed by atoms with Crippen molar-refractivity contribution in [3.05, 3.63) is 29.3 Å². The number of benzene rings is 1. The van der Waals surface area contributed by atoms with Crippen LogP contribution in [0.15, 0.2) is 23.4 Å². The Hall–Kier alpha value is -1.80. The predicted octanol–water partition coefficient (Wildman–Crippen LogP) is 0.308.